The number of morpholine rings is 1. The molecule has 1 saturated heterocycles. The Morgan fingerprint density at radius 3 is 2.85 bits per heavy atom. The van der Waals surface area contributed by atoms with E-state index >= 15 is 0 Å². The number of aliphatic hydroxyl groups excluding tert-OH is 1. The number of fused-ring (bicyclic) bond motifs is 1. The van der Waals surface area contributed by atoms with Gasteiger partial charge in [-0.05, 0) is 30.0 Å². The molecule has 172 valence electrons. The Kier molecular flexibility index (Phi) is 5.82. The Bertz CT molecular complexity index is 1140. The maximum absolute atomic E-state index is 13.2. The van der Waals surface area contributed by atoms with Gasteiger partial charge in [0.15, 0.2) is 11.5 Å². The molecule has 9 heteroatoms. The molecule has 0 saturated carbocycles. The number of aliphatic imine (C=N–C) groups is 1. The van der Waals surface area contributed by atoms with Crippen molar-refractivity contribution in [2.24, 2.45) is 10.9 Å². The summed E-state index contributed by atoms with van der Waals surface area (Å²) < 4.78 is 5.48. The number of nitrogens with one attached hydrogen (secondary N) is 1. The summed E-state index contributed by atoms with van der Waals surface area (Å²) >= 11 is 0. The van der Waals surface area contributed by atoms with E-state index in [9.17, 15) is 9.90 Å². The third-order valence-electron chi connectivity index (χ3n) is 6.37. The number of aromatic nitrogens is 2. The van der Waals surface area contributed by atoms with Gasteiger partial charge in [0.1, 0.15) is 0 Å². The highest BCUT2D eigenvalue weighted by molar-refractivity contribution is 6.01. The predicted octanol–water partition coefficient (Wildman–Crippen LogP) is 1.18. The molecule has 3 aliphatic rings. The van der Waals surface area contributed by atoms with Crippen LogP contribution in [-0.4, -0.2) is 71.0 Å². The lowest BCUT2D eigenvalue weighted by molar-refractivity contribution is 0.0485. The van der Waals surface area contributed by atoms with Gasteiger partial charge in [-0.25, -0.2) is 9.97 Å². The number of nitrogens with zero attached hydrogens (tertiary/aromatic N) is 4. The topological polar surface area (TPSA) is 126 Å². The number of amides is 1. The minimum Gasteiger partial charge on any atom is -0.392 e. The number of dihydropyridines is 1. The Morgan fingerprint density at radius 1 is 1.24 bits per heavy atom. The molecule has 0 radical (unpaired) electrons. The summed E-state index contributed by atoms with van der Waals surface area (Å²) in [6.45, 7) is 5.65. The summed E-state index contributed by atoms with van der Waals surface area (Å²) in [4.78, 5) is 28.7. The number of anilines is 1. The summed E-state index contributed by atoms with van der Waals surface area (Å²) in [6.07, 6.45) is 4.22. The first-order chi connectivity index (χ1) is 16.0. The standard InChI is InChI=1S/C24H28N6O3/c1-14-11-26-12-20(22(14)30-4-6-33-7-5-30)29-24(32)21-23(25)27-13-19(28-21)16-3-2-15-9-18(31)10-17(15)8-16/h2-3,8,12-14,18,31H,4-7,9-11H2,1H3,(H2,25,27)(H,29,32). The monoisotopic (exact) mass is 448 g/mol. The second-order valence-electron chi connectivity index (χ2n) is 8.78. The molecule has 3 heterocycles. The fourth-order valence-corrected chi connectivity index (χ4v) is 4.74. The Balaban J connectivity index is 1.43. The minimum absolute atomic E-state index is 0.0714. The predicted molar refractivity (Wildman–Crippen MR) is 125 cm³/mol. The number of carbonyl (C=O) groups excluding carboxylic acids is 1. The average Bonchev–Trinajstić information content (AvgIpc) is 3.19. The van der Waals surface area contributed by atoms with Crippen LogP contribution in [0, 0.1) is 5.92 Å². The summed E-state index contributed by atoms with van der Waals surface area (Å²) in [5, 5.41) is 12.9. The smallest absolute Gasteiger partial charge is 0.278 e. The van der Waals surface area contributed by atoms with Gasteiger partial charge in [-0.3, -0.25) is 9.79 Å². The average molecular weight is 449 g/mol. The van der Waals surface area contributed by atoms with E-state index in [1.807, 2.05) is 18.2 Å². The normalized spacial score (nSPS) is 22.4. The fourth-order valence-electron chi connectivity index (χ4n) is 4.74. The number of aliphatic hydroxyl groups is 1. The van der Waals surface area contributed by atoms with E-state index in [2.05, 4.69) is 32.1 Å². The Morgan fingerprint density at radius 2 is 2.03 bits per heavy atom. The van der Waals surface area contributed by atoms with Gasteiger partial charge in [0, 0.05) is 43.0 Å². The first-order valence-electron chi connectivity index (χ1n) is 11.3. The third-order valence-corrected chi connectivity index (χ3v) is 6.37. The second kappa shape index (κ2) is 8.92. The molecule has 4 N–H and O–H groups in total. The number of hydrogen-bond donors (Lipinski definition) is 3. The van der Waals surface area contributed by atoms with Crippen LogP contribution in [-0.2, 0) is 17.6 Å². The van der Waals surface area contributed by atoms with Gasteiger partial charge in [-0.1, -0.05) is 19.1 Å². The Labute approximate surface area is 192 Å². The molecule has 2 unspecified atom stereocenters. The second-order valence-corrected chi connectivity index (χ2v) is 8.78. The van der Waals surface area contributed by atoms with Crippen molar-refractivity contribution >= 4 is 17.9 Å². The van der Waals surface area contributed by atoms with Crippen LogP contribution in [0.5, 0.6) is 0 Å². The molecule has 1 fully saturated rings. The van der Waals surface area contributed by atoms with Crippen molar-refractivity contribution in [3.05, 3.63) is 52.6 Å². The van der Waals surface area contributed by atoms with Gasteiger partial charge < -0.3 is 25.8 Å². The zero-order valence-corrected chi connectivity index (χ0v) is 18.6. The molecular weight excluding hydrogens is 420 g/mol. The van der Waals surface area contributed by atoms with Crippen LogP contribution < -0.4 is 11.1 Å². The number of carbonyl (C=O) groups is 1. The molecule has 1 amide bonds. The highest BCUT2D eigenvalue weighted by atomic mass is 16.5. The summed E-state index contributed by atoms with van der Waals surface area (Å²) in [6, 6.07) is 5.94. The van der Waals surface area contributed by atoms with Gasteiger partial charge in [-0.15, -0.1) is 0 Å². The molecule has 33 heavy (non-hydrogen) atoms. The van der Waals surface area contributed by atoms with E-state index in [1.54, 1.807) is 12.4 Å². The maximum Gasteiger partial charge on any atom is 0.278 e. The van der Waals surface area contributed by atoms with Crippen LogP contribution in [0.2, 0.25) is 0 Å². The van der Waals surface area contributed by atoms with Crippen molar-refractivity contribution in [1.82, 2.24) is 20.2 Å². The zero-order valence-electron chi connectivity index (χ0n) is 18.6. The SMILES string of the molecule is CC1CN=CC(NC(=O)c2nc(-c3ccc4c(c3)CC(O)C4)cnc2N)=C1N1CCOCC1. The highest BCUT2D eigenvalue weighted by Crippen LogP contribution is 2.28. The van der Waals surface area contributed by atoms with E-state index in [0.717, 1.165) is 35.5 Å². The molecule has 2 aromatic rings. The Hall–Kier alpha value is -3.30. The van der Waals surface area contributed by atoms with Crippen molar-refractivity contribution in [1.29, 1.82) is 0 Å². The largest absolute Gasteiger partial charge is 0.392 e. The van der Waals surface area contributed by atoms with E-state index in [-0.39, 0.29) is 23.5 Å². The van der Waals surface area contributed by atoms with Crippen LogP contribution in [0.25, 0.3) is 11.3 Å². The van der Waals surface area contributed by atoms with Crippen LogP contribution in [0.3, 0.4) is 0 Å². The lowest BCUT2D eigenvalue weighted by atomic mass is 10.0. The number of allylic oxidation sites excluding steroid dienone is 1. The number of hydrogen-bond acceptors (Lipinski definition) is 8. The van der Waals surface area contributed by atoms with Gasteiger partial charge in [0.25, 0.3) is 5.91 Å². The minimum atomic E-state index is -0.417. The van der Waals surface area contributed by atoms with Crippen molar-refractivity contribution in [2.75, 3.05) is 38.6 Å². The molecule has 0 spiro atoms. The molecule has 2 aliphatic heterocycles. The molecule has 1 aromatic heterocycles. The van der Waals surface area contributed by atoms with Gasteiger partial charge in [-0.2, -0.15) is 0 Å². The van der Waals surface area contributed by atoms with E-state index in [0.29, 0.717) is 44.0 Å². The van der Waals surface area contributed by atoms with Gasteiger partial charge in [0.2, 0.25) is 0 Å². The van der Waals surface area contributed by atoms with Crippen molar-refractivity contribution < 1.29 is 14.6 Å². The highest BCUT2D eigenvalue weighted by Gasteiger charge is 2.27. The molecular formula is C24H28N6O3. The molecule has 0 bridgehead atoms. The van der Waals surface area contributed by atoms with Crippen molar-refractivity contribution in [3.63, 3.8) is 0 Å². The fraction of sp³-hybridized carbons (Fsp3) is 0.417. The molecule has 1 aliphatic carbocycles. The summed E-state index contributed by atoms with van der Waals surface area (Å²) in [7, 11) is 0. The van der Waals surface area contributed by atoms with Crippen LogP contribution in [0.1, 0.15) is 28.5 Å². The third kappa shape index (κ3) is 4.34. The lowest BCUT2D eigenvalue weighted by Gasteiger charge is -2.36. The van der Waals surface area contributed by atoms with Crippen LogP contribution in [0.15, 0.2) is 40.8 Å². The van der Waals surface area contributed by atoms with E-state index < -0.39 is 5.91 Å². The van der Waals surface area contributed by atoms with Crippen LogP contribution >= 0.6 is 0 Å². The van der Waals surface area contributed by atoms with Crippen molar-refractivity contribution in [3.8, 4) is 11.3 Å². The lowest BCUT2D eigenvalue weighted by Crippen LogP contribution is -2.42. The van der Waals surface area contributed by atoms with E-state index in [1.165, 1.54) is 0 Å². The molecule has 9 nitrogen and oxygen atoms in total. The number of ether oxygens (including phenoxy) is 1. The molecule has 5 rings (SSSR count). The first-order valence-corrected chi connectivity index (χ1v) is 11.3. The zero-order chi connectivity index (χ0) is 22.9. The first kappa shape index (κ1) is 21.5. The number of nitrogens with two attached hydrogens (primary N) is 1. The van der Waals surface area contributed by atoms with Crippen LogP contribution in [0.4, 0.5) is 5.82 Å². The molecule has 1 aromatic carbocycles. The maximum atomic E-state index is 13.2. The number of benzene rings is 1. The number of nitrogen functional groups attached to an aromatic ring is 1. The quantitative estimate of drug-likeness (QED) is 0.641. The molecule has 2 atom stereocenters. The summed E-state index contributed by atoms with van der Waals surface area (Å²) in [5.41, 5.74) is 11.5. The number of rotatable bonds is 4. The van der Waals surface area contributed by atoms with Gasteiger partial charge >= 0.3 is 0 Å². The van der Waals surface area contributed by atoms with E-state index in [4.69, 9.17) is 10.5 Å². The van der Waals surface area contributed by atoms with Gasteiger partial charge in [0.05, 0.1) is 36.9 Å². The van der Waals surface area contributed by atoms with Crippen molar-refractivity contribution in [2.45, 2.75) is 25.9 Å². The summed E-state index contributed by atoms with van der Waals surface area (Å²) in [5.74, 6) is -0.165.